The maximum Gasteiger partial charge on any atom is 0.331 e. The van der Waals surface area contributed by atoms with Crippen molar-refractivity contribution >= 4 is 5.97 Å². The molecule has 23 heavy (non-hydrogen) atoms. The summed E-state index contributed by atoms with van der Waals surface area (Å²) in [4.78, 5) is 10.9. The van der Waals surface area contributed by atoms with Gasteiger partial charge in [0.2, 0.25) is 0 Å². The van der Waals surface area contributed by atoms with Gasteiger partial charge in [0.25, 0.3) is 0 Å². The predicted octanol–water partition coefficient (Wildman–Crippen LogP) is 4.66. The molecule has 1 aliphatic heterocycles. The van der Waals surface area contributed by atoms with Crippen molar-refractivity contribution in [3.63, 3.8) is 0 Å². The summed E-state index contributed by atoms with van der Waals surface area (Å²) in [6, 6.07) is 10.3. The fraction of sp³-hybridized carbons (Fsp3) is 0.550. The van der Waals surface area contributed by atoms with Crippen molar-refractivity contribution in [3.8, 4) is 0 Å². The molecule has 2 rings (SSSR count). The molecule has 0 unspecified atom stereocenters. The van der Waals surface area contributed by atoms with Gasteiger partial charge in [0.05, 0.1) is 12.7 Å². The quantitative estimate of drug-likeness (QED) is 0.465. The van der Waals surface area contributed by atoms with Crippen LogP contribution in [0.15, 0.2) is 42.5 Å². The van der Waals surface area contributed by atoms with E-state index in [2.05, 4.69) is 26.0 Å². The Morgan fingerprint density at radius 2 is 1.91 bits per heavy atom. The monoisotopic (exact) mass is 316 g/mol. The second kappa shape index (κ2) is 9.51. The minimum atomic E-state index is -0.201. The van der Waals surface area contributed by atoms with Crippen LogP contribution in [0.5, 0.6) is 0 Å². The lowest BCUT2D eigenvalue weighted by molar-refractivity contribution is -0.138. The average molecular weight is 316 g/mol. The lowest BCUT2D eigenvalue weighted by Gasteiger charge is -2.20. The molecular formula is C20H28O3. The zero-order chi connectivity index (χ0) is 16.5. The third kappa shape index (κ3) is 6.57. The van der Waals surface area contributed by atoms with E-state index < -0.39 is 0 Å². The van der Waals surface area contributed by atoms with Gasteiger partial charge >= 0.3 is 5.97 Å². The first kappa shape index (κ1) is 17.7. The number of benzene rings is 1. The third-order valence-electron chi connectivity index (χ3n) is 4.52. The highest BCUT2D eigenvalue weighted by molar-refractivity contribution is 5.84. The predicted molar refractivity (Wildman–Crippen MR) is 92.0 cm³/mol. The molecule has 0 radical (unpaired) electrons. The Hall–Kier alpha value is -1.61. The van der Waals surface area contributed by atoms with Crippen molar-refractivity contribution in [2.75, 3.05) is 0 Å². The molecule has 0 spiro atoms. The van der Waals surface area contributed by atoms with Crippen LogP contribution >= 0.6 is 0 Å². The molecule has 1 aliphatic rings. The fourth-order valence-electron chi connectivity index (χ4n) is 2.76. The summed E-state index contributed by atoms with van der Waals surface area (Å²) in [5.74, 6) is 0.357. The Bertz CT molecular complexity index is 495. The normalized spacial score (nSPS) is 19.6. The van der Waals surface area contributed by atoms with Crippen LogP contribution in [-0.4, -0.2) is 18.2 Å². The third-order valence-corrected chi connectivity index (χ3v) is 4.52. The van der Waals surface area contributed by atoms with Gasteiger partial charge in [-0.05, 0) is 43.7 Å². The van der Waals surface area contributed by atoms with Crippen LogP contribution in [0, 0.1) is 5.92 Å². The number of ether oxygens (including phenoxy) is 2. The first-order valence-electron chi connectivity index (χ1n) is 8.69. The van der Waals surface area contributed by atoms with Crippen LogP contribution in [0.2, 0.25) is 0 Å². The van der Waals surface area contributed by atoms with Crippen molar-refractivity contribution in [3.05, 3.63) is 48.0 Å². The van der Waals surface area contributed by atoms with Gasteiger partial charge in [-0.1, -0.05) is 50.1 Å². The number of carbonyl (C=O) groups is 1. The summed E-state index contributed by atoms with van der Waals surface area (Å²) >= 11 is 0. The lowest BCUT2D eigenvalue weighted by atomic mass is 9.97. The molecule has 0 aromatic heterocycles. The van der Waals surface area contributed by atoms with E-state index >= 15 is 0 Å². The van der Waals surface area contributed by atoms with Crippen molar-refractivity contribution in [2.45, 2.75) is 64.8 Å². The zero-order valence-electron chi connectivity index (χ0n) is 14.2. The summed E-state index contributed by atoms with van der Waals surface area (Å²) in [6.07, 6.45) is 9.27. The molecule has 3 heteroatoms. The largest absolute Gasteiger partial charge is 0.455 e. The van der Waals surface area contributed by atoms with Gasteiger partial charge in [-0.3, -0.25) is 0 Å². The summed E-state index contributed by atoms with van der Waals surface area (Å²) in [5, 5.41) is 0. The van der Waals surface area contributed by atoms with E-state index in [4.69, 9.17) is 9.47 Å². The second-order valence-corrected chi connectivity index (χ2v) is 6.45. The molecule has 0 aliphatic carbocycles. The number of rotatable bonds is 10. The first-order chi connectivity index (χ1) is 11.1. The van der Waals surface area contributed by atoms with Crippen LogP contribution in [0.3, 0.4) is 0 Å². The van der Waals surface area contributed by atoms with Crippen LogP contribution in [0.4, 0.5) is 0 Å². The minimum Gasteiger partial charge on any atom is -0.455 e. The number of cyclic esters (lactones) is 1. The highest BCUT2D eigenvalue weighted by Crippen LogP contribution is 2.19. The maximum atomic E-state index is 10.9. The smallest absolute Gasteiger partial charge is 0.331 e. The standard InChI is InChI=1S/C20H28O3/c1-16(17(2)22-15-18-10-6-4-7-11-18)9-5-3-8-12-19-13-14-20(21)23-19/h4,6-7,10-11,13-14,16-17,19H,3,5,8-9,12,15H2,1-2H3/t16-,17+,19-/m0/s1. The van der Waals surface area contributed by atoms with E-state index in [0.29, 0.717) is 12.5 Å². The molecule has 1 aromatic carbocycles. The second-order valence-electron chi connectivity index (χ2n) is 6.45. The number of esters is 1. The molecule has 0 saturated carbocycles. The molecule has 1 aromatic rings. The van der Waals surface area contributed by atoms with Crippen molar-refractivity contribution < 1.29 is 14.3 Å². The van der Waals surface area contributed by atoms with Gasteiger partial charge in [-0.25, -0.2) is 4.79 Å². The zero-order valence-corrected chi connectivity index (χ0v) is 14.2. The summed E-state index contributed by atoms with van der Waals surface area (Å²) in [6.45, 7) is 5.11. The van der Waals surface area contributed by atoms with E-state index in [1.165, 1.54) is 30.9 Å². The summed E-state index contributed by atoms with van der Waals surface area (Å²) in [5.41, 5.74) is 1.23. The molecule has 0 N–H and O–H groups in total. The number of hydrogen-bond donors (Lipinski definition) is 0. The van der Waals surface area contributed by atoms with Crippen molar-refractivity contribution in [1.82, 2.24) is 0 Å². The average Bonchev–Trinajstić information content (AvgIpc) is 2.98. The van der Waals surface area contributed by atoms with Gasteiger partial charge < -0.3 is 9.47 Å². The molecule has 0 amide bonds. The van der Waals surface area contributed by atoms with Gasteiger partial charge in [-0.2, -0.15) is 0 Å². The first-order valence-corrected chi connectivity index (χ1v) is 8.69. The molecule has 3 nitrogen and oxygen atoms in total. The fourth-order valence-corrected chi connectivity index (χ4v) is 2.76. The Kier molecular flexibility index (Phi) is 7.34. The van der Waals surface area contributed by atoms with Gasteiger partial charge in [0.15, 0.2) is 0 Å². The SMILES string of the molecule is C[C@@H](CCCCC[C@H]1C=CC(=O)O1)[C@@H](C)OCc1ccccc1. The van der Waals surface area contributed by atoms with E-state index in [1.54, 1.807) is 0 Å². The highest BCUT2D eigenvalue weighted by Gasteiger charge is 2.16. The van der Waals surface area contributed by atoms with Crippen LogP contribution in [0.25, 0.3) is 0 Å². The highest BCUT2D eigenvalue weighted by atomic mass is 16.5. The molecule has 3 atom stereocenters. The van der Waals surface area contributed by atoms with E-state index in [9.17, 15) is 4.79 Å². The van der Waals surface area contributed by atoms with E-state index in [0.717, 1.165) is 12.8 Å². The summed E-state index contributed by atoms with van der Waals surface area (Å²) in [7, 11) is 0. The van der Waals surface area contributed by atoms with Gasteiger partial charge in [-0.15, -0.1) is 0 Å². The van der Waals surface area contributed by atoms with Crippen LogP contribution < -0.4 is 0 Å². The molecule has 126 valence electrons. The van der Waals surface area contributed by atoms with Gasteiger partial charge in [0, 0.05) is 6.08 Å². The Labute approximate surface area is 139 Å². The molecule has 0 saturated heterocycles. The Morgan fingerprint density at radius 3 is 2.61 bits per heavy atom. The van der Waals surface area contributed by atoms with E-state index in [-0.39, 0.29) is 18.2 Å². The Balaban J connectivity index is 1.52. The molecular weight excluding hydrogens is 288 g/mol. The molecule has 0 bridgehead atoms. The molecule has 1 heterocycles. The van der Waals surface area contributed by atoms with Crippen molar-refractivity contribution in [2.24, 2.45) is 5.92 Å². The van der Waals surface area contributed by atoms with Crippen LogP contribution in [-0.2, 0) is 20.9 Å². The molecule has 0 fully saturated rings. The number of unbranched alkanes of at least 4 members (excludes halogenated alkanes) is 2. The minimum absolute atomic E-state index is 0.00746. The van der Waals surface area contributed by atoms with Crippen molar-refractivity contribution in [1.29, 1.82) is 0 Å². The lowest BCUT2D eigenvalue weighted by Crippen LogP contribution is -2.18. The topological polar surface area (TPSA) is 35.5 Å². The summed E-state index contributed by atoms with van der Waals surface area (Å²) < 4.78 is 11.1. The number of hydrogen-bond acceptors (Lipinski definition) is 3. The Morgan fingerprint density at radius 1 is 1.13 bits per heavy atom. The maximum absolute atomic E-state index is 10.9. The number of carbonyl (C=O) groups excluding carboxylic acids is 1. The van der Waals surface area contributed by atoms with Crippen LogP contribution in [0.1, 0.15) is 51.5 Å². The van der Waals surface area contributed by atoms with E-state index in [1.807, 2.05) is 24.3 Å². The van der Waals surface area contributed by atoms with Gasteiger partial charge in [0.1, 0.15) is 6.10 Å².